The maximum absolute atomic E-state index is 13.0. The Morgan fingerprint density at radius 3 is 2.70 bits per heavy atom. The first-order valence-electron chi connectivity index (χ1n) is 11.2. The van der Waals surface area contributed by atoms with Crippen molar-refractivity contribution in [3.8, 4) is 17.5 Å². The summed E-state index contributed by atoms with van der Waals surface area (Å²) in [5, 5.41) is 13.1. The Kier molecular flexibility index (Phi) is 6.60. The number of hydrogen-bond donors (Lipinski definition) is 1. The van der Waals surface area contributed by atoms with E-state index in [-0.39, 0.29) is 17.3 Å². The number of carbonyl (C=O) groups is 1. The van der Waals surface area contributed by atoms with Gasteiger partial charge in [0.1, 0.15) is 17.7 Å². The van der Waals surface area contributed by atoms with E-state index in [4.69, 9.17) is 14.1 Å². The van der Waals surface area contributed by atoms with Crippen LogP contribution in [0.5, 0.6) is 0 Å². The van der Waals surface area contributed by atoms with Crippen LogP contribution in [-0.4, -0.2) is 24.0 Å². The van der Waals surface area contributed by atoms with Gasteiger partial charge in [0.25, 0.3) is 0 Å². The highest BCUT2D eigenvalue weighted by molar-refractivity contribution is 9.10. The van der Waals surface area contributed by atoms with E-state index in [1.54, 1.807) is 6.07 Å². The SMILES string of the molecule is Cc1c(Br)cccc1-c1nc2cc(C(OC(=O)C3CCNCC3)C(C)(C)C)cc(C#N)c2o1. The van der Waals surface area contributed by atoms with Crippen LogP contribution in [0.15, 0.2) is 39.2 Å². The highest BCUT2D eigenvalue weighted by Crippen LogP contribution is 2.40. The predicted molar refractivity (Wildman–Crippen MR) is 130 cm³/mol. The lowest BCUT2D eigenvalue weighted by molar-refractivity contribution is -0.161. The van der Waals surface area contributed by atoms with Gasteiger partial charge in [-0.05, 0) is 68.2 Å². The van der Waals surface area contributed by atoms with Gasteiger partial charge in [-0.2, -0.15) is 5.26 Å². The number of rotatable bonds is 4. The summed E-state index contributed by atoms with van der Waals surface area (Å²) < 4.78 is 13.1. The molecular weight excluding hydrogens is 482 g/mol. The molecule has 0 radical (unpaired) electrons. The van der Waals surface area contributed by atoms with Crippen molar-refractivity contribution >= 4 is 33.0 Å². The Balaban J connectivity index is 1.75. The summed E-state index contributed by atoms with van der Waals surface area (Å²) in [6, 6.07) is 11.7. The molecule has 1 aliphatic heterocycles. The zero-order valence-electron chi connectivity index (χ0n) is 19.4. The molecule has 6 nitrogen and oxygen atoms in total. The third kappa shape index (κ3) is 4.83. The van der Waals surface area contributed by atoms with Crippen LogP contribution in [0.4, 0.5) is 0 Å². The minimum absolute atomic E-state index is 0.103. The molecule has 2 aromatic carbocycles. The molecule has 7 heteroatoms. The zero-order chi connectivity index (χ0) is 23.8. The first-order valence-corrected chi connectivity index (χ1v) is 12.0. The van der Waals surface area contributed by atoms with E-state index in [9.17, 15) is 10.1 Å². The Morgan fingerprint density at radius 1 is 1.30 bits per heavy atom. The first kappa shape index (κ1) is 23.5. The molecule has 1 fully saturated rings. The van der Waals surface area contributed by atoms with E-state index in [0.29, 0.717) is 22.6 Å². The molecular formula is C26H28BrN3O3. The number of ether oxygens (including phenoxy) is 1. The van der Waals surface area contributed by atoms with Crippen LogP contribution in [0.3, 0.4) is 0 Å². The molecule has 2 heterocycles. The van der Waals surface area contributed by atoms with Gasteiger partial charge in [0, 0.05) is 15.5 Å². The monoisotopic (exact) mass is 509 g/mol. The van der Waals surface area contributed by atoms with Gasteiger partial charge in [-0.25, -0.2) is 4.98 Å². The minimum Gasteiger partial charge on any atom is -0.457 e. The first-order chi connectivity index (χ1) is 15.7. The Bertz CT molecular complexity index is 1230. The van der Waals surface area contributed by atoms with E-state index < -0.39 is 6.10 Å². The van der Waals surface area contributed by atoms with E-state index in [1.807, 2.05) is 52.0 Å². The second kappa shape index (κ2) is 9.28. The summed E-state index contributed by atoms with van der Waals surface area (Å²) in [5.41, 5.74) is 3.64. The number of nitrogens with one attached hydrogen (secondary N) is 1. The van der Waals surface area contributed by atoms with E-state index in [0.717, 1.165) is 47.1 Å². The molecule has 172 valence electrons. The number of halogens is 1. The van der Waals surface area contributed by atoms with Crippen molar-refractivity contribution in [3.05, 3.63) is 51.5 Å². The summed E-state index contributed by atoms with van der Waals surface area (Å²) in [4.78, 5) is 17.7. The molecule has 4 rings (SSSR count). The summed E-state index contributed by atoms with van der Waals surface area (Å²) >= 11 is 3.55. The molecule has 1 aromatic heterocycles. The van der Waals surface area contributed by atoms with Crippen molar-refractivity contribution in [3.63, 3.8) is 0 Å². The number of aromatic nitrogens is 1. The lowest BCUT2D eigenvalue weighted by Crippen LogP contribution is -2.35. The number of nitrogens with zero attached hydrogens (tertiary/aromatic N) is 2. The summed E-state index contributed by atoms with van der Waals surface area (Å²) in [7, 11) is 0. The Labute approximate surface area is 202 Å². The molecule has 0 bridgehead atoms. The molecule has 1 aliphatic rings. The van der Waals surface area contributed by atoms with Gasteiger partial charge < -0.3 is 14.5 Å². The van der Waals surface area contributed by atoms with Gasteiger partial charge in [-0.15, -0.1) is 0 Å². The van der Waals surface area contributed by atoms with Crippen LogP contribution in [0.2, 0.25) is 0 Å². The molecule has 0 aliphatic carbocycles. The highest BCUT2D eigenvalue weighted by atomic mass is 79.9. The van der Waals surface area contributed by atoms with Crippen LogP contribution < -0.4 is 5.32 Å². The summed E-state index contributed by atoms with van der Waals surface area (Å²) in [5.74, 6) is 0.172. The third-order valence-electron chi connectivity index (χ3n) is 6.13. The number of oxazole rings is 1. The number of nitriles is 1. The molecule has 1 atom stereocenters. The maximum atomic E-state index is 13.0. The van der Waals surface area contributed by atoms with Gasteiger partial charge in [-0.1, -0.05) is 42.8 Å². The van der Waals surface area contributed by atoms with Crippen molar-refractivity contribution in [2.24, 2.45) is 11.3 Å². The Hall–Kier alpha value is -2.69. The molecule has 0 amide bonds. The lowest BCUT2D eigenvalue weighted by Gasteiger charge is -2.32. The number of carbonyl (C=O) groups excluding carboxylic acids is 1. The van der Waals surface area contributed by atoms with Crippen LogP contribution in [0, 0.1) is 29.6 Å². The summed E-state index contributed by atoms with van der Waals surface area (Å²) in [6.07, 6.45) is 1.04. The van der Waals surface area contributed by atoms with Crippen LogP contribution in [0.25, 0.3) is 22.6 Å². The summed E-state index contributed by atoms with van der Waals surface area (Å²) in [6.45, 7) is 9.72. The molecule has 1 saturated heterocycles. The normalized spacial score (nSPS) is 15.9. The van der Waals surface area contributed by atoms with Crippen molar-refractivity contribution in [2.75, 3.05) is 13.1 Å². The lowest BCUT2D eigenvalue weighted by atomic mass is 9.83. The largest absolute Gasteiger partial charge is 0.457 e. The number of esters is 1. The van der Waals surface area contributed by atoms with Gasteiger partial charge >= 0.3 is 5.97 Å². The van der Waals surface area contributed by atoms with Gasteiger partial charge in [0.2, 0.25) is 5.89 Å². The average Bonchev–Trinajstić information content (AvgIpc) is 3.22. The van der Waals surface area contributed by atoms with Gasteiger partial charge in [-0.3, -0.25) is 4.79 Å². The Morgan fingerprint density at radius 2 is 2.03 bits per heavy atom. The predicted octanol–water partition coefficient (Wildman–Crippen LogP) is 6.07. The molecule has 0 spiro atoms. The quantitative estimate of drug-likeness (QED) is 0.429. The van der Waals surface area contributed by atoms with Crippen LogP contribution in [-0.2, 0) is 9.53 Å². The van der Waals surface area contributed by atoms with Crippen LogP contribution in [0.1, 0.15) is 56.4 Å². The van der Waals surface area contributed by atoms with Crippen molar-refractivity contribution < 1.29 is 13.9 Å². The van der Waals surface area contributed by atoms with E-state index >= 15 is 0 Å². The second-order valence-corrected chi connectivity index (χ2v) is 10.5. The fourth-order valence-corrected chi connectivity index (χ4v) is 4.62. The van der Waals surface area contributed by atoms with E-state index in [2.05, 4.69) is 27.3 Å². The molecule has 3 aromatic rings. The standard InChI is InChI=1S/C26H28BrN3O3/c1-15-19(6-5-7-20(15)27)24-30-21-13-17(12-18(14-28)22(21)32-24)23(26(2,3)4)33-25(31)16-8-10-29-11-9-16/h5-7,12-13,16,23,29H,8-11H2,1-4H3. The molecule has 1 N–H and O–H groups in total. The number of fused-ring (bicyclic) bond motifs is 1. The molecule has 1 unspecified atom stereocenters. The number of hydrogen-bond acceptors (Lipinski definition) is 6. The second-order valence-electron chi connectivity index (χ2n) is 9.67. The fraction of sp³-hybridized carbons (Fsp3) is 0.423. The van der Waals surface area contributed by atoms with Crippen molar-refractivity contribution in [2.45, 2.75) is 46.6 Å². The zero-order valence-corrected chi connectivity index (χ0v) is 21.0. The number of benzene rings is 2. The van der Waals surface area contributed by atoms with Gasteiger partial charge in [0.05, 0.1) is 11.5 Å². The average molecular weight is 510 g/mol. The van der Waals surface area contributed by atoms with Crippen LogP contribution >= 0.6 is 15.9 Å². The van der Waals surface area contributed by atoms with E-state index in [1.165, 1.54) is 0 Å². The third-order valence-corrected chi connectivity index (χ3v) is 6.99. The topological polar surface area (TPSA) is 88.1 Å². The smallest absolute Gasteiger partial charge is 0.309 e. The minimum atomic E-state index is -0.510. The van der Waals surface area contributed by atoms with Crippen molar-refractivity contribution in [1.82, 2.24) is 10.3 Å². The molecule has 0 saturated carbocycles. The number of piperidine rings is 1. The molecule has 33 heavy (non-hydrogen) atoms. The van der Waals surface area contributed by atoms with Crippen molar-refractivity contribution in [1.29, 1.82) is 5.26 Å². The van der Waals surface area contributed by atoms with Gasteiger partial charge in [0.15, 0.2) is 5.58 Å². The highest BCUT2D eigenvalue weighted by Gasteiger charge is 2.34. The fourth-order valence-electron chi connectivity index (χ4n) is 4.26. The maximum Gasteiger partial charge on any atom is 0.309 e.